The molecule has 0 radical (unpaired) electrons. The fraction of sp³-hybridized carbons (Fsp3) is 0.333. The molecule has 0 aliphatic carbocycles. The topological polar surface area (TPSA) is 90.1 Å². The highest BCUT2D eigenvalue weighted by Crippen LogP contribution is 2.28. The second-order valence-corrected chi connectivity index (χ2v) is 8.58. The van der Waals surface area contributed by atoms with Crippen LogP contribution in [0.15, 0.2) is 47.4 Å². The van der Waals surface area contributed by atoms with E-state index in [1.165, 1.54) is 5.56 Å². The van der Waals surface area contributed by atoms with E-state index in [-0.39, 0.29) is 0 Å². The summed E-state index contributed by atoms with van der Waals surface area (Å²) in [6.07, 6.45) is 0.878. The molecule has 2 aromatic carbocycles. The molecule has 0 bridgehead atoms. The zero-order chi connectivity index (χ0) is 19.5. The van der Waals surface area contributed by atoms with Crippen LogP contribution in [0.1, 0.15) is 17.5 Å². The minimum absolute atomic E-state index is 0.572. The standard InChI is InChI=1S/C21H25N5OS/c1-15-7-8-18-17(13-15)20(23-10-4-9-22)25-21(24-18)26-11-12-28(27)19-6-3-2-5-16(19)14-26/h2-3,5-8,13H,4,9-12,14,22H2,1H3,(H,23,24,25). The van der Waals surface area contributed by atoms with Crippen molar-refractivity contribution in [2.75, 3.05) is 35.6 Å². The molecule has 0 saturated carbocycles. The van der Waals surface area contributed by atoms with E-state index in [4.69, 9.17) is 15.7 Å². The van der Waals surface area contributed by atoms with Crippen molar-refractivity contribution in [1.29, 1.82) is 0 Å². The molecule has 146 valence electrons. The summed E-state index contributed by atoms with van der Waals surface area (Å²) in [6, 6.07) is 14.1. The van der Waals surface area contributed by atoms with Crippen molar-refractivity contribution in [3.63, 3.8) is 0 Å². The van der Waals surface area contributed by atoms with Gasteiger partial charge in [-0.1, -0.05) is 29.8 Å². The van der Waals surface area contributed by atoms with Gasteiger partial charge in [-0.3, -0.25) is 0 Å². The summed E-state index contributed by atoms with van der Waals surface area (Å²) < 4.78 is 12.6. The Morgan fingerprint density at radius 3 is 2.93 bits per heavy atom. The molecule has 3 N–H and O–H groups in total. The number of anilines is 2. The molecule has 1 atom stereocenters. The van der Waals surface area contributed by atoms with E-state index >= 15 is 0 Å². The van der Waals surface area contributed by atoms with Gasteiger partial charge in [0.05, 0.1) is 18.6 Å². The number of aryl methyl sites for hydroxylation is 1. The highest BCUT2D eigenvalue weighted by molar-refractivity contribution is 7.91. The zero-order valence-electron chi connectivity index (χ0n) is 16.0. The van der Waals surface area contributed by atoms with Crippen molar-refractivity contribution in [3.8, 4) is 0 Å². The summed E-state index contributed by atoms with van der Waals surface area (Å²) in [5.74, 6) is 2.07. The molecule has 0 amide bonds. The van der Waals surface area contributed by atoms with Gasteiger partial charge in [0, 0.05) is 17.5 Å². The van der Waals surface area contributed by atoms with E-state index in [2.05, 4.69) is 29.3 Å². The number of fused-ring (bicyclic) bond motifs is 2. The lowest BCUT2D eigenvalue weighted by atomic mass is 10.1. The van der Waals surface area contributed by atoms with Crippen molar-refractivity contribution >= 4 is 33.8 Å². The predicted molar refractivity (Wildman–Crippen MR) is 115 cm³/mol. The highest BCUT2D eigenvalue weighted by Gasteiger charge is 2.25. The van der Waals surface area contributed by atoms with Crippen LogP contribution in [0.2, 0.25) is 0 Å². The first-order valence-electron chi connectivity index (χ1n) is 9.59. The minimum atomic E-state index is -0.995. The van der Waals surface area contributed by atoms with Gasteiger partial charge in [0.25, 0.3) is 0 Å². The Kier molecular flexibility index (Phi) is 5.66. The summed E-state index contributed by atoms with van der Waals surface area (Å²) in [5, 5.41) is 4.43. The molecular formula is C21H25N5OS. The Balaban J connectivity index is 1.73. The average molecular weight is 396 g/mol. The van der Waals surface area contributed by atoms with E-state index in [0.29, 0.717) is 31.3 Å². The maximum atomic E-state index is 12.6. The number of benzene rings is 2. The number of rotatable bonds is 5. The Hall–Kier alpha value is -2.35. The summed E-state index contributed by atoms with van der Waals surface area (Å²) in [4.78, 5) is 12.7. The molecule has 0 saturated heterocycles. The third kappa shape index (κ3) is 3.92. The van der Waals surface area contributed by atoms with E-state index in [1.807, 2.05) is 30.3 Å². The number of nitrogens with two attached hydrogens (primary N) is 1. The molecule has 3 aromatic rings. The van der Waals surface area contributed by atoms with Crippen LogP contribution in [0, 0.1) is 6.92 Å². The maximum Gasteiger partial charge on any atom is 0.228 e. The minimum Gasteiger partial charge on any atom is -0.611 e. The first kappa shape index (κ1) is 19.0. The molecule has 2 heterocycles. The molecule has 1 aliphatic rings. The first-order valence-corrected chi connectivity index (χ1v) is 10.9. The SMILES string of the molecule is Cc1ccc2nc(N3CC[S+]([O-])c4ccccc4C3)nc(NCCCN)c2c1. The zero-order valence-corrected chi connectivity index (χ0v) is 16.8. The highest BCUT2D eigenvalue weighted by atomic mass is 32.2. The van der Waals surface area contributed by atoms with E-state index in [0.717, 1.165) is 40.1 Å². The summed E-state index contributed by atoms with van der Waals surface area (Å²) in [5.41, 5.74) is 8.79. The van der Waals surface area contributed by atoms with E-state index in [1.54, 1.807) is 0 Å². The van der Waals surface area contributed by atoms with Gasteiger partial charge in [-0.25, -0.2) is 4.98 Å². The smallest absolute Gasteiger partial charge is 0.228 e. The van der Waals surface area contributed by atoms with Crippen LogP contribution in [0.4, 0.5) is 11.8 Å². The third-order valence-corrected chi connectivity index (χ3v) is 6.36. The number of aromatic nitrogens is 2. The van der Waals surface area contributed by atoms with Gasteiger partial charge in [0.2, 0.25) is 5.95 Å². The number of nitrogens with zero attached hydrogens (tertiary/aromatic N) is 3. The van der Waals surface area contributed by atoms with Crippen LogP contribution in [-0.4, -0.2) is 39.9 Å². The number of hydrogen-bond donors (Lipinski definition) is 2. The second kappa shape index (κ2) is 8.34. The van der Waals surface area contributed by atoms with Crippen molar-refractivity contribution in [2.24, 2.45) is 5.73 Å². The van der Waals surface area contributed by atoms with Crippen molar-refractivity contribution in [2.45, 2.75) is 24.8 Å². The fourth-order valence-electron chi connectivity index (χ4n) is 3.43. The summed E-state index contributed by atoms with van der Waals surface area (Å²) in [7, 11) is 0. The van der Waals surface area contributed by atoms with Crippen molar-refractivity contribution in [1.82, 2.24) is 9.97 Å². The summed E-state index contributed by atoms with van der Waals surface area (Å²) in [6.45, 7) is 4.78. The molecule has 0 spiro atoms. The predicted octanol–water partition coefficient (Wildman–Crippen LogP) is 2.83. The van der Waals surface area contributed by atoms with Crippen LogP contribution in [0.5, 0.6) is 0 Å². The van der Waals surface area contributed by atoms with Gasteiger partial charge >= 0.3 is 0 Å². The van der Waals surface area contributed by atoms with Crippen molar-refractivity contribution in [3.05, 3.63) is 53.6 Å². The molecular weight excluding hydrogens is 370 g/mol. The van der Waals surface area contributed by atoms with Crippen LogP contribution in [0.3, 0.4) is 0 Å². The molecule has 1 unspecified atom stereocenters. The normalized spacial score (nSPS) is 16.7. The van der Waals surface area contributed by atoms with Gasteiger partial charge in [0.1, 0.15) is 11.6 Å². The molecule has 6 nitrogen and oxygen atoms in total. The Morgan fingerprint density at radius 2 is 2.07 bits per heavy atom. The largest absolute Gasteiger partial charge is 0.611 e. The third-order valence-electron chi connectivity index (χ3n) is 4.92. The van der Waals surface area contributed by atoms with Gasteiger partial charge < -0.3 is 20.5 Å². The molecule has 1 aromatic heterocycles. The van der Waals surface area contributed by atoms with Crippen LogP contribution >= 0.6 is 0 Å². The molecule has 4 rings (SSSR count). The maximum absolute atomic E-state index is 12.6. The summed E-state index contributed by atoms with van der Waals surface area (Å²) >= 11 is -0.995. The lowest BCUT2D eigenvalue weighted by molar-refractivity contribution is 0.595. The molecule has 1 aliphatic heterocycles. The van der Waals surface area contributed by atoms with Crippen LogP contribution in [0.25, 0.3) is 10.9 Å². The van der Waals surface area contributed by atoms with Crippen molar-refractivity contribution < 1.29 is 4.55 Å². The fourth-order valence-corrected chi connectivity index (χ4v) is 4.69. The first-order chi connectivity index (χ1) is 13.7. The quantitative estimate of drug-likeness (QED) is 0.510. The number of hydrogen-bond acceptors (Lipinski definition) is 6. The number of nitrogens with one attached hydrogen (secondary N) is 1. The molecule has 28 heavy (non-hydrogen) atoms. The lowest BCUT2D eigenvalue weighted by Crippen LogP contribution is -2.27. The Bertz CT molecular complexity index is 980. The van der Waals surface area contributed by atoms with E-state index < -0.39 is 11.2 Å². The lowest BCUT2D eigenvalue weighted by Gasteiger charge is -2.21. The molecule has 7 heteroatoms. The van der Waals surface area contributed by atoms with Gasteiger partial charge in [0.15, 0.2) is 4.90 Å². The monoisotopic (exact) mass is 395 g/mol. The van der Waals surface area contributed by atoms with Gasteiger partial charge in [-0.15, -0.1) is 0 Å². The average Bonchev–Trinajstić information content (AvgIpc) is 2.87. The van der Waals surface area contributed by atoms with Gasteiger partial charge in [-0.05, 0) is 49.3 Å². The van der Waals surface area contributed by atoms with E-state index in [9.17, 15) is 4.55 Å². The second-order valence-electron chi connectivity index (χ2n) is 7.04. The van der Waals surface area contributed by atoms with Crippen LogP contribution in [-0.2, 0) is 17.7 Å². The molecule has 0 fully saturated rings. The van der Waals surface area contributed by atoms with Crippen LogP contribution < -0.4 is 16.0 Å². The van der Waals surface area contributed by atoms with Gasteiger partial charge in [-0.2, -0.15) is 4.98 Å². The Morgan fingerprint density at radius 1 is 1.21 bits per heavy atom. The Labute approximate surface area is 168 Å².